The van der Waals surface area contributed by atoms with Crippen molar-refractivity contribution < 1.29 is 10.0 Å². The molecule has 0 aliphatic heterocycles. The normalized spacial score (nSPS) is 18.1. The molecule has 1 rings (SSSR count). The Morgan fingerprint density at radius 2 is 2.00 bits per heavy atom. The molecule has 1 aliphatic rings. The Bertz CT molecular complexity index is 176. The van der Waals surface area contributed by atoms with Crippen molar-refractivity contribution in [3.8, 4) is 0 Å². The highest BCUT2D eigenvalue weighted by atomic mass is 16.5. The van der Waals surface area contributed by atoms with Gasteiger partial charge in [-0.2, -0.15) is 0 Å². The lowest BCUT2D eigenvalue weighted by Crippen LogP contribution is -2.35. The highest BCUT2D eigenvalue weighted by molar-refractivity contribution is 5.77. The average Bonchev–Trinajstić information content (AvgIpc) is 2.26. The fraction of sp³-hybridized carbons (Fsp3) is 0.909. The van der Waals surface area contributed by atoms with E-state index in [0.717, 1.165) is 43.6 Å². The van der Waals surface area contributed by atoms with Gasteiger partial charge in [0.15, 0.2) is 0 Å². The maximum atomic E-state index is 11.7. The molecular weight excluding hydrogens is 178 g/mol. The summed E-state index contributed by atoms with van der Waals surface area (Å²) >= 11 is 0. The van der Waals surface area contributed by atoms with E-state index in [0.29, 0.717) is 6.54 Å². The van der Waals surface area contributed by atoms with E-state index in [1.807, 2.05) is 0 Å². The van der Waals surface area contributed by atoms with Gasteiger partial charge in [-0.05, 0) is 19.3 Å². The van der Waals surface area contributed by atoms with Crippen molar-refractivity contribution in [2.24, 2.45) is 5.92 Å². The Hall–Kier alpha value is -0.570. The van der Waals surface area contributed by atoms with Crippen LogP contribution in [0.4, 0.5) is 0 Å². The lowest BCUT2D eigenvalue weighted by Gasteiger charge is -2.24. The largest absolute Gasteiger partial charge is 0.286 e. The summed E-state index contributed by atoms with van der Waals surface area (Å²) in [5, 5.41) is 10.4. The number of carbonyl (C=O) groups excluding carboxylic acids is 1. The summed E-state index contributed by atoms with van der Waals surface area (Å²) in [6.45, 7) is 2.55. The summed E-state index contributed by atoms with van der Waals surface area (Å²) in [5.74, 6) is 0.0313. The predicted octanol–water partition coefficient (Wildman–Crippen LogP) is 2.58. The van der Waals surface area contributed by atoms with E-state index in [1.54, 1.807) is 0 Å². The molecule has 0 spiro atoms. The maximum Gasteiger partial charge on any atom is 0.249 e. The monoisotopic (exact) mass is 199 g/mol. The van der Waals surface area contributed by atoms with Crippen LogP contribution in [0.15, 0.2) is 0 Å². The zero-order chi connectivity index (χ0) is 10.4. The molecule has 0 unspecified atom stereocenters. The Morgan fingerprint density at radius 3 is 2.57 bits per heavy atom. The number of carbonyl (C=O) groups is 1. The molecule has 1 amide bonds. The van der Waals surface area contributed by atoms with Crippen LogP contribution in [-0.4, -0.2) is 22.7 Å². The zero-order valence-electron chi connectivity index (χ0n) is 9.04. The minimum absolute atomic E-state index is 0.0573. The highest BCUT2D eigenvalue weighted by Crippen LogP contribution is 2.24. The van der Waals surface area contributed by atoms with Gasteiger partial charge in [-0.15, -0.1) is 0 Å². The van der Waals surface area contributed by atoms with Crippen molar-refractivity contribution in [2.75, 3.05) is 6.54 Å². The minimum atomic E-state index is -0.0573. The lowest BCUT2D eigenvalue weighted by molar-refractivity contribution is -0.171. The molecule has 0 aromatic heterocycles. The van der Waals surface area contributed by atoms with Crippen LogP contribution in [0.2, 0.25) is 0 Å². The number of hydrogen-bond acceptors (Lipinski definition) is 2. The fourth-order valence-electron chi connectivity index (χ4n) is 1.98. The zero-order valence-corrected chi connectivity index (χ0v) is 9.04. The van der Waals surface area contributed by atoms with Crippen LogP contribution in [0.5, 0.6) is 0 Å². The molecule has 1 saturated carbocycles. The van der Waals surface area contributed by atoms with Gasteiger partial charge in [-0.25, -0.2) is 5.06 Å². The maximum absolute atomic E-state index is 11.7. The molecule has 0 saturated heterocycles. The van der Waals surface area contributed by atoms with E-state index in [2.05, 4.69) is 6.92 Å². The van der Waals surface area contributed by atoms with Crippen LogP contribution in [0, 0.1) is 5.92 Å². The Morgan fingerprint density at radius 1 is 1.36 bits per heavy atom. The quantitative estimate of drug-likeness (QED) is 0.558. The first-order valence-corrected chi connectivity index (χ1v) is 5.76. The van der Waals surface area contributed by atoms with E-state index in [9.17, 15) is 10.0 Å². The summed E-state index contributed by atoms with van der Waals surface area (Å²) < 4.78 is 0. The average molecular weight is 199 g/mol. The van der Waals surface area contributed by atoms with Crippen LogP contribution < -0.4 is 0 Å². The Kier molecular flexibility index (Phi) is 4.94. The van der Waals surface area contributed by atoms with Crippen molar-refractivity contribution in [2.45, 2.75) is 51.9 Å². The molecule has 0 bridgehead atoms. The van der Waals surface area contributed by atoms with Crippen LogP contribution in [-0.2, 0) is 4.79 Å². The van der Waals surface area contributed by atoms with Gasteiger partial charge in [0, 0.05) is 12.5 Å². The van der Waals surface area contributed by atoms with Crippen molar-refractivity contribution in [3.05, 3.63) is 0 Å². The van der Waals surface area contributed by atoms with Crippen molar-refractivity contribution >= 4 is 5.91 Å². The number of hydrogen-bond donors (Lipinski definition) is 1. The Balaban J connectivity index is 2.30. The summed E-state index contributed by atoms with van der Waals surface area (Å²) in [5.41, 5.74) is 0. The second kappa shape index (κ2) is 6.02. The van der Waals surface area contributed by atoms with Crippen molar-refractivity contribution in [3.63, 3.8) is 0 Å². The van der Waals surface area contributed by atoms with Crippen LogP contribution in [0.1, 0.15) is 51.9 Å². The van der Waals surface area contributed by atoms with Crippen molar-refractivity contribution in [1.82, 2.24) is 5.06 Å². The van der Waals surface area contributed by atoms with Crippen LogP contribution in [0.25, 0.3) is 0 Å². The fourth-order valence-corrected chi connectivity index (χ4v) is 1.98. The smallest absolute Gasteiger partial charge is 0.249 e. The first kappa shape index (κ1) is 11.5. The highest BCUT2D eigenvalue weighted by Gasteiger charge is 2.24. The number of hydroxylamine groups is 2. The van der Waals surface area contributed by atoms with Gasteiger partial charge < -0.3 is 0 Å². The number of amides is 1. The molecule has 1 fully saturated rings. The van der Waals surface area contributed by atoms with E-state index >= 15 is 0 Å². The lowest BCUT2D eigenvalue weighted by atomic mass is 9.88. The summed E-state index contributed by atoms with van der Waals surface area (Å²) in [6.07, 6.45) is 7.33. The van der Waals surface area contributed by atoms with Gasteiger partial charge in [0.25, 0.3) is 0 Å². The molecule has 82 valence electrons. The SMILES string of the molecule is CCCCN(O)C(=O)C1CCCCC1. The molecule has 0 heterocycles. The predicted molar refractivity (Wildman–Crippen MR) is 55.0 cm³/mol. The summed E-state index contributed by atoms with van der Waals surface area (Å²) in [4.78, 5) is 11.7. The molecule has 3 nitrogen and oxygen atoms in total. The number of unbranched alkanes of at least 4 members (excludes halogenated alkanes) is 1. The molecular formula is C11H21NO2. The summed E-state index contributed by atoms with van der Waals surface area (Å²) in [6, 6.07) is 0. The number of nitrogens with zero attached hydrogens (tertiary/aromatic N) is 1. The third-order valence-corrected chi connectivity index (χ3v) is 2.93. The molecule has 3 heteroatoms. The number of rotatable bonds is 4. The van der Waals surface area contributed by atoms with Gasteiger partial charge in [-0.1, -0.05) is 32.6 Å². The van der Waals surface area contributed by atoms with Gasteiger partial charge in [-0.3, -0.25) is 10.0 Å². The molecule has 0 aromatic rings. The third kappa shape index (κ3) is 3.29. The molecule has 14 heavy (non-hydrogen) atoms. The van der Waals surface area contributed by atoms with E-state index in [1.165, 1.54) is 6.42 Å². The van der Waals surface area contributed by atoms with Crippen LogP contribution in [0.3, 0.4) is 0 Å². The second-order valence-electron chi connectivity index (χ2n) is 4.15. The molecule has 0 atom stereocenters. The third-order valence-electron chi connectivity index (χ3n) is 2.93. The molecule has 0 radical (unpaired) electrons. The van der Waals surface area contributed by atoms with E-state index < -0.39 is 0 Å². The molecule has 1 N–H and O–H groups in total. The second-order valence-corrected chi connectivity index (χ2v) is 4.15. The van der Waals surface area contributed by atoms with E-state index in [-0.39, 0.29) is 11.8 Å². The van der Waals surface area contributed by atoms with Gasteiger partial charge in [0.1, 0.15) is 0 Å². The van der Waals surface area contributed by atoms with Gasteiger partial charge >= 0.3 is 0 Å². The summed E-state index contributed by atoms with van der Waals surface area (Å²) in [7, 11) is 0. The van der Waals surface area contributed by atoms with Crippen LogP contribution >= 0.6 is 0 Å². The topological polar surface area (TPSA) is 40.5 Å². The van der Waals surface area contributed by atoms with Crippen molar-refractivity contribution in [1.29, 1.82) is 0 Å². The standard InChI is InChI=1S/C11H21NO2/c1-2-3-9-12(14)11(13)10-7-5-4-6-8-10/h10,14H,2-9H2,1H3. The first-order chi connectivity index (χ1) is 6.75. The molecule has 0 aromatic carbocycles. The Labute approximate surface area is 86.1 Å². The first-order valence-electron chi connectivity index (χ1n) is 5.76. The van der Waals surface area contributed by atoms with E-state index in [4.69, 9.17) is 0 Å². The van der Waals surface area contributed by atoms with Gasteiger partial charge in [0.05, 0.1) is 0 Å². The molecule has 1 aliphatic carbocycles. The minimum Gasteiger partial charge on any atom is -0.286 e. The van der Waals surface area contributed by atoms with Gasteiger partial charge in [0.2, 0.25) is 5.91 Å².